The number of nitrogens with one attached hydrogen (secondary N) is 1. The van der Waals surface area contributed by atoms with Crippen LogP contribution in [0.4, 0.5) is 0 Å². The smallest absolute Gasteiger partial charge is 0.271 e. The van der Waals surface area contributed by atoms with Crippen LogP contribution in [0, 0.1) is 0 Å². The van der Waals surface area contributed by atoms with Crippen LogP contribution < -0.4 is 5.32 Å². The highest BCUT2D eigenvalue weighted by Crippen LogP contribution is 2.24. The Morgan fingerprint density at radius 1 is 1.50 bits per heavy atom. The van der Waals surface area contributed by atoms with Crippen LogP contribution in [0.3, 0.4) is 0 Å². The number of hydrogen-bond donors (Lipinski definition) is 1. The van der Waals surface area contributed by atoms with Crippen LogP contribution in [0.25, 0.3) is 0 Å². The van der Waals surface area contributed by atoms with Gasteiger partial charge in [0.05, 0.1) is 17.2 Å². The van der Waals surface area contributed by atoms with Crippen LogP contribution in [-0.2, 0) is 19.5 Å². The van der Waals surface area contributed by atoms with Gasteiger partial charge in [-0.25, -0.2) is 9.97 Å². The van der Waals surface area contributed by atoms with Crippen molar-refractivity contribution in [3.05, 3.63) is 28.0 Å². The zero-order valence-corrected chi connectivity index (χ0v) is 12.9. The number of fused-ring (bicyclic) bond motifs is 1. The van der Waals surface area contributed by atoms with Gasteiger partial charge in [-0.3, -0.25) is 4.79 Å². The van der Waals surface area contributed by atoms with Crippen molar-refractivity contribution >= 4 is 29.0 Å². The Balaban J connectivity index is 1.57. The number of carbonyl (C=O) groups excluding carboxylic acids is 1. The van der Waals surface area contributed by atoms with Gasteiger partial charge in [0.1, 0.15) is 5.69 Å². The van der Waals surface area contributed by atoms with E-state index in [1.807, 2.05) is 11.6 Å². The molecule has 0 spiro atoms. The molecule has 5 nitrogen and oxygen atoms in total. The molecule has 106 valence electrons. The van der Waals surface area contributed by atoms with Gasteiger partial charge in [0, 0.05) is 23.9 Å². The number of amides is 1. The van der Waals surface area contributed by atoms with Crippen molar-refractivity contribution in [3.8, 4) is 0 Å². The molecule has 1 aliphatic heterocycles. The number of thiazole rings is 1. The largest absolute Gasteiger partial charge is 0.345 e. The van der Waals surface area contributed by atoms with E-state index in [1.165, 1.54) is 0 Å². The second-order valence-electron chi connectivity index (χ2n) is 4.62. The lowest BCUT2D eigenvalue weighted by Gasteiger charge is -2.00. The summed E-state index contributed by atoms with van der Waals surface area (Å²) in [7, 11) is 0. The van der Waals surface area contributed by atoms with Gasteiger partial charge >= 0.3 is 0 Å². The Kier molecular flexibility index (Phi) is 4.07. The number of aryl methyl sites for hydroxylation is 2. The SMILES string of the molecule is CCCc1nc(C(=O)NCc2cn3c(n2)SCC3)cs1. The van der Waals surface area contributed by atoms with Gasteiger partial charge in [-0.2, -0.15) is 0 Å². The lowest BCUT2D eigenvalue weighted by atomic mass is 10.3. The third-order valence-corrected chi connectivity index (χ3v) is 4.91. The number of thioether (sulfide) groups is 1. The van der Waals surface area contributed by atoms with E-state index >= 15 is 0 Å². The normalized spacial score (nSPS) is 13.4. The van der Waals surface area contributed by atoms with E-state index in [4.69, 9.17) is 0 Å². The van der Waals surface area contributed by atoms with Crippen molar-refractivity contribution in [1.82, 2.24) is 19.9 Å². The molecular weight excluding hydrogens is 292 g/mol. The van der Waals surface area contributed by atoms with Gasteiger partial charge in [-0.15, -0.1) is 11.3 Å². The second kappa shape index (κ2) is 5.97. The number of imidazole rings is 1. The first-order valence-electron chi connectivity index (χ1n) is 6.67. The Labute approximate surface area is 125 Å². The monoisotopic (exact) mass is 308 g/mol. The predicted molar refractivity (Wildman–Crippen MR) is 80.2 cm³/mol. The van der Waals surface area contributed by atoms with Gasteiger partial charge < -0.3 is 9.88 Å². The molecule has 3 heterocycles. The summed E-state index contributed by atoms with van der Waals surface area (Å²) in [6.07, 6.45) is 3.99. The van der Waals surface area contributed by atoms with Crippen LogP contribution >= 0.6 is 23.1 Å². The molecule has 0 fully saturated rings. The molecule has 0 unspecified atom stereocenters. The quantitative estimate of drug-likeness (QED) is 0.921. The number of nitrogens with zero attached hydrogens (tertiary/aromatic N) is 3. The highest BCUT2D eigenvalue weighted by Gasteiger charge is 2.15. The van der Waals surface area contributed by atoms with Gasteiger partial charge in [0.2, 0.25) is 0 Å². The summed E-state index contributed by atoms with van der Waals surface area (Å²) in [5.74, 6) is 0.970. The zero-order chi connectivity index (χ0) is 13.9. The number of aromatic nitrogens is 3. The van der Waals surface area contributed by atoms with Gasteiger partial charge in [-0.1, -0.05) is 18.7 Å². The van der Waals surface area contributed by atoms with E-state index < -0.39 is 0 Å². The first kappa shape index (κ1) is 13.6. The summed E-state index contributed by atoms with van der Waals surface area (Å²) in [5.41, 5.74) is 1.42. The molecular formula is C13H16N4OS2. The van der Waals surface area contributed by atoms with Crippen LogP contribution in [0.5, 0.6) is 0 Å². The van der Waals surface area contributed by atoms with E-state index in [2.05, 4.69) is 26.8 Å². The maximum absolute atomic E-state index is 12.0. The summed E-state index contributed by atoms with van der Waals surface area (Å²) in [6, 6.07) is 0. The van der Waals surface area contributed by atoms with E-state index in [-0.39, 0.29) is 5.91 Å². The summed E-state index contributed by atoms with van der Waals surface area (Å²) in [6.45, 7) is 3.57. The minimum absolute atomic E-state index is 0.121. The maximum atomic E-state index is 12.0. The third kappa shape index (κ3) is 2.88. The minimum atomic E-state index is -0.121. The molecule has 0 aliphatic carbocycles. The standard InChI is InChI=1S/C13H16N4OS2/c1-2-3-11-16-10(8-20-11)12(18)14-6-9-7-17-4-5-19-13(17)15-9/h7-8H,2-6H2,1H3,(H,14,18). The van der Waals surface area contributed by atoms with Crippen molar-refractivity contribution in [2.24, 2.45) is 0 Å². The van der Waals surface area contributed by atoms with Crippen LogP contribution in [-0.4, -0.2) is 26.2 Å². The predicted octanol–water partition coefficient (Wildman–Crippen LogP) is 2.33. The lowest BCUT2D eigenvalue weighted by Crippen LogP contribution is -2.23. The molecule has 1 N–H and O–H groups in total. The van der Waals surface area contributed by atoms with Crippen molar-refractivity contribution in [2.75, 3.05) is 5.75 Å². The molecule has 0 bridgehead atoms. The van der Waals surface area contributed by atoms with Crippen molar-refractivity contribution in [3.63, 3.8) is 0 Å². The number of carbonyl (C=O) groups is 1. The molecule has 7 heteroatoms. The van der Waals surface area contributed by atoms with Crippen LogP contribution in [0.2, 0.25) is 0 Å². The fraction of sp³-hybridized carbons (Fsp3) is 0.462. The highest BCUT2D eigenvalue weighted by atomic mass is 32.2. The highest BCUT2D eigenvalue weighted by molar-refractivity contribution is 7.99. The Morgan fingerprint density at radius 3 is 3.20 bits per heavy atom. The maximum Gasteiger partial charge on any atom is 0.271 e. The Hall–Kier alpha value is -1.34. The molecule has 1 amide bonds. The van der Waals surface area contributed by atoms with E-state index in [0.29, 0.717) is 12.2 Å². The van der Waals surface area contributed by atoms with Crippen LogP contribution in [0.15, 0.2) is 16.7 Å². The fourth-order valence-electron chi connectivity index (χ4n) is 2.05. The van der Waals surface area contributed by atoms with E-state index in [1.54, 1.807) is 23.1 Å². The molecule has 0 saturated heterocycles. The topological polar surface area (TPSA) is 59.8 Å². The van der Waals surface area contributed by atoms with Crippen molar-refractivity contribution < 1.29 is 4.79 Å². The molecule has 3 rings (SSSR count). The van der Waals surface area contributed by atoms with E-state index in [0.717, 1.165) is 41.0 Å². The Morgan fingerprint density at radius 2 is 2.40 bits per heavy atom. The molecule has 2 aromatic heterocycles. The van der Waals surface area contributed by atoms with Crippen molar-refractivity contribution in [2.45, 2.75) is 38.0 Å². The van der Waals surface area contributed by atoms with Gasteiger partial charge in [-0.05, 0) is 12.8 Å². The third-order valence-electron chi connectivity index (χ3n) is 3.03. The minimum Gasteiger partial charge on any atom is -0.345 e. The van der Waals surface area contributed by atoms with E-state index in [9.17, 15) is 4.79 Å². The molecule has 0 atom stereocenters. The van der Waals surface area contributed by atoms with Crippen molar-refractivity contribution in [1.29, 1.82) is 0 Å². The summed E-state index contributed by atoms with van der Waals surface area (Å²) >= 11 is 3.31. The summed E-state index contributed by atoms with van der Waals surface area (Å²) in [5, 5.41) is 6.77. The molecule has 2 aromatic rings. The number of hydrogen-bond acceptors (Lipinski definition) is 5. The molecule has 0 aromatic carbocycles. The lowest BCUT2D eigenvalue weighted by molar-refractivity contribution is 0.0946. The first-order chi connectivity index (χ1) is 9.76. The average Bonchev–Trinajstić information content (AvgIpc) is 3.11. The van der Waals surface area contributed by atoms with Gasteiger partial charge in [0.25, 0.3) is 5.91 Å². The molecule has 20 heavy (non-hydrogen) atoms. The van der Waals surface area contributed by atoms with Gasteiger partial charge in [0.15, 0.2) is 5.16 Å². The second-order valence-corrected chi connectivity index (χ2v) is 6.62. The number of rotatable bonds is 5. The molecule has 0 radical (unpaired) electrons. The zero-order valence-electron chi connectivity index (χ0n) is 11.3. The first-order valence-corrected chi connectivity index (χ1v) is 8.54. The molecule has 0 saturated carbocycles. The average molecular weight is 308 g/mol. The summed E-state index contributed by atoms with van der Waals surface area (Å²) < 4.78 is 2.13. The fourth-order valence-corrected chi connectivity index (χ4v) is 3.89. The molecule has 1 aliphatic rings. The van der Waals surface area contributed by atoms with Crippen LogP contribution in [0.1, 0.15) is 34.5 Å². The Bertz CT molecular complexity index is 598. The summed E-state index contributed by atoms with van der Waals surface area (Å²) in [4.78, 5) is 20.8.